The van der Waals surface area contributed by atoms with Crippen LogP contribution in [0.15, 0.2) is 54.5 Å². The molecule has 0 aliphatic carbocycles. The highest BCUT2D eigenvalue weighted by molar-refractivity contribution is 14.1. The third-order valence-electron chi connectivity index (χ3n) is 4.41. The predicted molar refractivity (Wildman–Crippen MR) is 115 cm³/mol. The molecule has 28 heavy (non-hydrogen) atoms. The topological polar surface area (TPSA) is 63.2 Å². The van der Waals surface area contributed by atoms with Crippen molar-refractivity contribution in [3.05, 3.63) is 75.0 Å². The Balaban J connectivity index is 1.66. The van der Waals surface area contributed by atoms with Crippen molar-refractivity contribution in [2.24, 2.45) is 0 Å². The zero-order valence-corrected chi connectivity index (χ0v) is 17.6. The summed E-state index contributed by atoms with van der Waals surface area (Å²) in [4.78, 5) is 16.5. The fraction of sp³-hybridized carbons (Fsp3) is 0.238. The highest BCUT2D eigenvalue weighted by atomic mass is 127. The van der Waals surface area contributed by atoms with Crippen LogP contribution in [0.25, 0.3) is 5.57 Å². The van der Waals surface area contributed by atoms with E-state index in [1.165, 1.54) is 12.3 Å². The molecule has 0 fully saturated rings. The van der Waals surface area contributed by atoms with E-state index in [4.69, 9.17) is 4.74 Å². The molecule has 0 atom stereocenters. The molecule has 1 amide bonds. The molecule has 2 aromatic rings. The number of aromatic nitrogens is 1. The SMILES string of the molecule is COc1ccc(C2=C(C(=O)NCCCc3cncc(F)c3)C=CNC2)cc1I. The number of benzene rings is 1. The van der Waals surface area contributed by atoms with Crippen molar-refractivity contribution in [1.29, 1.82) is 0 Å². The summed E-state index contributed by atoms with van der Waals surface area (Å²) >= 11 is 2.22. The number of amides is 1. The monoisotopic (exact) mass is 493 g/mol. The Kier molecular flexibility index (Phi) is 7.02. The smallest absolute Gasteiger partial charge is 0.251 e. The quantitative estimate of drug-likeness (QED) is 0.459. The summed E-state index contributed by atoms with van der Waals surface area (Å²) in [6.45, 7) is 1.09. The van der Waals surface area contributed by atoms with Gasteiger partial charge < -0.3 is 15.4 Å². The summed E-state index contributed by atoms with van der Waals surface area (Å²) in [6, 6.07) is 7.35. The third-order valence-corrected chi connectivity index (χ3v) is 5.25. The minimum atomic E-state index is -0.342. The van der Waals surface area contributed by atoms with Gasteiger partial charge in [0.15, 0.2) is 0 Å². The Hall–Kier alpha value is -2.42. The second kappa shape index (κ2) is 9.68. The van der Waals surface area contributed by atoms with Gasteiger partial charge in [0.25, 0.3) is 5.91 Å². The molecule has 0 radical (unpaired) electrons. The molecule has 146 valence electrons. The van der Waals surface area contributed by atoms with Gasteiger partial charge in [0.2, 0.25) is 0 Å². The molecule has 3 rings (SSSR count). The fourth-order valence-electron chi connectivity index (χ4n) is 3.01. The summed E-state index contributed by atoms with van der Waals surface area (Å²) in [5.41, 5.74) is 3.39. The van der Waals surface area contributed by atoms with Gasteiger partial charge in [-0.3, -0.25) is 9.78 Å². The van der Waals surface area contributed by atoms with E-state index < -0.39 is 0 Å². The first-order valence-electron chi connectivity index (χ1n) is 8.93. The highest BCUT2D eigenvalue weighted by Gasteiger charge is 2.17. The number of dihydropyridines is 1. The van der Waals surface area contributed by atoms with Crippen LogP contribution in [0.2, 0.25) is 0 Å². The number of carbonyl (C=O) groups is 1. The molecule has 0 spiro atoms. The van der Waals surface area contributed by atoms with Crippen molar-refractivity contribution >= 4 is 34.1 Å². The average Bonchev–Trinajstić information content (AvgIpc) is 2.71. The van der Waals surface area contributed by atoms with Gasteiger partial charge in [-0.2, -0.15) is 0 Å². The molecule has 1 aliphatic rings. The van der Waals surface area contributed by atoms with Gasteiger partial charge in [0.05, 0.1) is 16.9 Å². The Bertz CT molecular complexity index is 928. The van der Waals surface area contributed by atoms with Gasteiger partial charge in [-0.15, -0.1) is 0 Å². The fourth-order valence-corrected chi connectivity index (χ4v) is 3.74. The molecule has 0 saturated carbocycles. The molecule has 2 heterocycles. The number of ether oxygens (including phenoxy) is 1. The molecular weight excluding hydrogens is 472 g/mol. The van der Waals surface area contributed by atoms with Crippen LogP contribution in [-0.2, 0) is 11.2 Å². The van der Waals surface area contributed by atoms with Crippen molar-refractivity contribution < 1.29 is 13.9 Å². The van der Waals surface area contributed by atoms with Gasteiger partial charge in [-0.05, 0) is 82.6 Å². The predicted octanol–water partition coefficient (Wildman–Crippen LogP) is 3.45. The Labute approximate surface area is 177 Å². The van der Waals surface area contributed by atoms with Crippen LogP contribution in [0.1, 0.15) is 17.5 Å². The molecular formula is C21H21FIN3O2. The maximum Gasteiger partial charge on any atom is 0.251 e. The van der Waals surface area contributed by atoms with Gasteiger partial charge in [0.1, 0.15) is 11.6 Å². The van der Waals surface area contributed by atoms with Crippen LogP contribution in [-0.4, -0.2) is 31.1 Å². The first-order chi connectivity index (χ1) is 13.6. The van der Waals surface area contributed by atoms with Gasteiger partial charge in [-0.25, -0.2) is 4.39 Å². The molecule has 0 bridgehead atoms. The lowest BCUT2D eigenvalue weighted by Crippen LogP contribution is -2.29. The molecule has 0 unspecified atom stereocenters. The van der Waals surface area contributed by atoms with E-state index in [0.717, 1.165) is 26.0 Å². The lowest BCUT2D eigenvalue weighted by Gasteiger charge is -2.18. The molecule has 1 aliphatic heterocycles. The number of nitrogens with one attached hydrogen (secondary N) is 2. The van der Waals surface area contributed by atoms with Gasteiger partial charge in [0, 0.05) is 24.9 Å². The summed E-state index contributed by atoms with van der Waals surface area (Å²) in [6.07, 6.45) is 7.77. The average molecular weight is 493 g/mol. The van der Waals surface area contributed by atoms with E-state index in [-0.39, 0.29) is 11.7 Å². The standard InChI is InChI=1S/C21H21FIN3O2/c1-28-20-5-4-15(10-19(20)23)18-13-24-8-6-17(18)21(27)26-7-2-3-14-9-16(22)12-25-11-14/h4-6,8-12,24H,2-3,7,13H2,1H3,(H,26,27). The Morgan fingerprint density at radius 3 is 2.96 bits per heavy atom. The second-order valence-electron chi connectivity index (χ2n) is 6.33. The lowest BCUT2D eigenvalue weighted by molar-refractivity contribution is -0.117. The first-order valence-corrected chi connectivity index (χ1v) is 10.0. The number of hydrogen-bond donors (Lipinski definition) is 2. The van der Waals surface area contributed by atoms with Crippen LogP contribution in [0, 0.1) is 9.39 Å². The number of aryl methyl sites for hydroxylation is 1. The minimum Gasteiger partial charge on any atom is -0.496 e. The highest BCUT2D eigenvalue weighted by Crippen LogP contribution is 2.28. The lowest BCUT2D eigenvalue weighted by atomic mass is 9.97. The number of rotatable bonds is 7. The molecule has 5 nitrogen and oxygen atoms in total. The number of hydrogen-bond acceptors (Lipinski definition) is 4. The Morgan fingerprint density at radius 2 is 2.21 bits per heavy atom. The summed E-state index contributed by atoms with van der Waals surface area (Å²) in [5, 5.41) is 6.12. The van der Waals surface area contributed by atoms with Crippen LogP contribution >= 0.6 is 22.6 Å². The summed E-state index contributed by atoms with van der Waals surface area (Å²) in [5.74, 6) is 0.350. The van der Waals surface area contributed by atoms with Crippen LogP contribution in [0.4, 0.5) is 4.39 Å². The van der Waals surface area contributed by atoms with Crippen molar-refractivity contribution in [2.45, 2.75) is 12.8 Å². The van der Waals surface area contributed by atoms with Crippen molar-refractivity contribution in [3.63, 3.8) is 0 Å². The Morgan fingerprint density at radius 1 is 1.36 bits per heavy atom. The third kappa shape index (κ3) is 5.09. The number of methoxy groups -OCH3 is 1. The maximum atomic E-state index is 13.2. The van der Waals surface area contributed by atoms with Crippen LogP contribution in [0.5, 0.6) is 5.75 Å². The van der Waals surface area contributed by atoms with E-state index in [9.17, 15) is 9.18 Å². The number of nitrogens with zero attached hydrogens (tertiary/aromatic N) is 1. The van der Waals surface area contributed by atoms with E-state index in [0.29, 0.717) is 31.5 Å². The molecule has 1 aromatic carbocycles. The van der Waals surface area contributed by atoms with Crippen LogP contribution < -0.4 is 15.4 Å². The van der Waals surface area contributed by atoms with E-state index >= 15 is 0 Å². The molecule has 7 heteroatoms. The van der Waals surface area contributed by atoms with Gasteiger partial charge >= 0.3 is 0 Å². The summed E-state index contributed by atoms with van der Waals surface area (Å²) < 4.78 is 19.5. The van der Waals surface area contributed by atoms with Crippen LogP contribution in [0.3, 0.4) is 0 Å². The minimum absolute atomic E-state index is 0.115. The summed E-state index contributed by atoms with van der Waals surface area (Å²) in [7, 11) is 1.64. The molecule has 2 N–H and O–H groups in total. The first kappa shape index (κ1) is 20.3. The zero-order chi connectivity index (χ0) is 19.9. The largest absolute Gasteiger partial charge is 0.496 e. The van der Waals surface area contributed by atoms with E-state index in [2.05, 4.69) is 38.2 Å². The molecule has 0 saturated heterocycles. The van der Waals surface area contributed by atoms with E-state index in [1.54, 1.807) is 25.6 Å². The maximum absolute atomic E-state index is 13.2. The number of halogens is 2. The number of pyridine rings is 1. The number of carbonyl (C=O) groups excluding carboxylic acids is 1. The van der Waals surface area contributed by atoms with E-state index in [1.807, 2.05) is 18.2 Å². The van der Waals surface area contributed by atoms with Crippen molar-refractivity contribution in [3.8, 4) is 5.75 Å². The zero-order valence-electron chi connectivity index (χ0n) is 15.5. The van der Waals surface area contributed by atoms with Crippen molar-refractivity contribution in [2.75, 3.05) is 20.2 Å². The van der Waals surface area contributed by atoms with Crippen molar-refractivity contribution in [1.82, 2.24) is 15.6 Å². The molecule has 1 aromatic heterocycles. The normalized spacial score (nSPS) is 13.2. The van der Waals surface area contributed by atoms with Gasteiger partial charge in [-0.1, -0.05) is 6.07 Å². The second-order valence-corrected chi connectivity index (χ2v) is 7.49.